The monoisotopic (exact) mass is 256 g/mol. The molecule has 1 heterocycles. The Morgan fingerprint density at radius 1 is 1.05 bits per heavy atom. The predicted octanol–water partition coefficient (Wildman–Crippen LogP) is 3.50. The van der Waals surface area contributed by atoms with E-state index < -0.39 is 0 Å². The molecule has 0 aliphatic carbocycles. The van der Waals surface area contributed by atoms with Crippen LogP contribution in [0, 0.1) is 0 Å². The van der Waals surface area contributed by atoms with E-state index in [2.05, 4.69) is 42.3 Å². The maximum Gasteiger partial charge on any atom is 0.119 e. The van der Waals surface area contributed by atoms with E-state index in [9.17, 15) is 0 Å². The molecule has 1 N–H and O–H groups in total. The summed E-state index contributed by atoms with van der Waals surface area (Å²) in [6, 6.07) is 12.7. The van der Waals surface area contributed by atoms with Gasteiger partial charge in [0.15, 0.2) is 0 Å². The SMILES string of the molecule is COc1cccc(C(C)N[C@H](C)c2cccnc2)c1. The Morgan fingerprint density at radius 3 is 2.47 bits per heavy atom. The molecule has 1 aromatic carbocycles. The van der Waals surface area contributed by atoms with Crippen LogP contribution < -0.4 is 10.1 Å². The van der Waals surface area contributed by atoms with Crippen molar-refractivity contribution in [2.24, 2.45) is 0 Å². The Balaban J connectivity index is 2.06. The highest BCUT2D eigenvalue weighted by molar-refractivity contribution is 5.30. The van der Waals surface area contributed by atoms with Crippen molar-refractivity contribution in [2.45, 2.75) is 25.9 Å². The van der Waals surface area contributed by atoms with Gasteiger partial charge in [-0.2, -0.15) is 0 Å². The van der Waals surface area contributed by atoms with Crippen LogP contribution >= 0.6 is 0 Å². The molecule has 1 unspecified atom stereocenters. The van der Waals surface area contributed by atoms with Gasteiger partial charge in [0.2, 0.25) is 0 Å². The molecule has 3 nitrogen and oxygen atoms in total. The summed E-state index contributed by atoms with van der Waals surface area (Å²) in [6.07, 6.45) is 3.69. The van der Waals surface area contributed by atoms with Crippen molar-refractivity contribution in [2.75, 3.05) is 7.11 Å². The highest BCUT2D eigenvalue weighted by Crippen LogP contribution is 2.22. The molecule has 2 rings (SSSR count). The van der Waals surface area contributed by atoms with Crippen LogP contribution in [-0.2, 0) is 0 Å². The number of hydrogen-bond acceptors (Lipinski definition) is 3. The fraction of sp³-hybridized carbons (Fsp3) is 0.312. The molecule has 0 saturated carbocycles. The fourth-order valence-electron chi connectivity index (χ4n) is 2.11. The van der Waals surface area contributed by atoms with Crippen molar-refractivity contribution in [3.05, 3.63) is 59.9 Å². The van der Waals surface area contributed by atoms with Crippen molar-refractivity contribution in [1.29, 1.82) is 0 Å². The largest absolute Gasteiger partial charge is 0.497 e. The lowest BCUT2D eigenvalue weighted by atomic mass is 10.1. The number of hydrogen-bond donors (Lipinski definition) is 1. The number of aromatic nitrogens is 1. The summed E-state index contributed by atoms with van der Waals surface area (Å²) in [5.41, 5.74) is 2.41. The predicted molar refractivity (Wildman–Crippen MR) is 77.2 cm³/mol. The zero-order chi connectivity index (χ0) is 13.7. The van der Waals surface area contributed by atoms with Gasteiger partial charge in [-0.1, -0.05) is 18.2 Å². The molecule has 0 amide bonds. The lowest BCUT2D eigenvalue weighted by molar-refractivity contribution is 0.412. The van der Waals surface area contributed by atoms with Crippen LogP contribution in [0.15, 0.2) is 48.8 Å². The number of pyridine rings is 1. The first-order chi connectivity index (χ1) is 9.20. The second kappa shape index (κ2) is 6.34. The zero-order valence-electron chi connectivity index (χ0n) is 11.6. The van der Waals surface area contributed by atoms with Crippen LogP contribution in [0.2, 0.25) is 0 Å². The van der Waals surface area contributed by atoms with E-state index in [1.54, 1.807) is 13.3 Å². The molecule has 1 aromatic heterocycles. The standard InChI is InChI=1S/C16H20N2O/c1-12(14-6-4-8-16(10-14)19-3)18-13(2)15-7-5-9-17-11-15/h4-13,18H,1-3H3/t12?,13-/m1/s1. The minimum absolute atomic E-state index is 0.255. The maximum absolute atomic E-state index is 5.26. The van der Waals surface area contributed by atoms with Crippen LogP contribution in [0.25, 0.3) is 0 Å². The first-order valence-electron chi connectivity index (χ1n) is 6.50. The molecule has 3 heteroatoms. The summed E-state index contributed by atoms with van der Waals surface area (Å²) < 4.78 is 5.26. The Morgan fingerprint density at radius 2 is 1.79 bits per heavy atom. The van der Waals surface area contributed by atoms with Gasteiger partial charge in [0, 0.05) is 24.5 Å². The Bertz CT molecular complexity index is 513. The van der Waals surface area contributed by atoms with E-state index in [1.165, 1.54) is 11.1 Å². The lowest BCUT2D eigenvalue weighted by Gasteiger charge is -2.20. The van der Waals surface area contributed by atoms with Gasteiger partial charge in [-0.05, 0) is 43.2 Å². The van der Waals surface area contributed by atoms with Gasteiger partial charge in [0.05, 0.1) is 7.11 Å². The lowest BCUT2D eigenvalue weighted by Crippen LogP contribution is -2.22. The highest BCUT2D eigenvalue weighted by atomic mass is 16.5. The van der Waals surface area contributed by atoms with Crippen molar-refractivity contribution < 1.29 is 4.74 Å². The third-order valence-corrected chi connectivity index (χ3v) is 3.28. The van der Waals surface area contributed by atoms with Crippen molar-refractivity contribution in [1.82, 2.24) is 10.3 Å². The average molecular weight is 256 g/mol. The molecule has 2 atom stereocenters. The third-order valence-electron chi connectivity index (χ3n) is 3.28. The number of benzene rings is 1. The van der Waals surface area contributed by atoms with Gasteiger partial charge in [-0.3, -0.25) is 4.98 Å². The summed E-state index contributed by atoms with van der Waals surface area (Å²) >= 11 is 0. The molecule has 100 valence electrons. The Kier molecular flexibility index (Phi) is 4.53. The normalized spacial score (nSPS) is 13.8. The maximum atomic E-state index is 5.26. The van der Waals surface area contributed by atoms with Gasteiger partial charge in [-0.15, -0.1) is 0 Å². The van der Waals surface area contributed by atoms with E-state index in [4.69, 9.17) is 4.74 Å². The van der Waals surface area contributed by atoms with Crippen LogP contribution in [0.5, 0.6) is 5.75 Å². The second-order valence-electron chi connectivity index (χ2n) is 4.67. The summed E-state index contributed by atoms with van der Waals surface area (Å²) in [6.45, 7) is 4.30. The molecule has 0 radical (unpaired) electrons. The molecule has 0 aliphatic rings. The topological polar surface area (TPSA) is 34.1 Å². The van der Waals surface area contributed by atoms with Gasteiger partial charge in [0.25, 0.3) is 0 Å². The Labute approximate surface area is 114 Å². The van der Waals surface area contributed by atoms with E-state index in [1.807, 2.05) is 24.4 Å². The molecule has 0 saturated heterocycles. The fourth-order valence-corrected chi connectivity index (χ4v) is 2.11. The summed E-state index contributed by atoms with van der Waals surface area (Å²) in [7, 11) is 1.69. The number of nitrogens with one attached hydrogen (secondary N) is 1. The molecule has 2 aromatic rings. The molecule has 19 heavy (non-hydrogen) atoms. The van der Waals surface area contributed by atoms with Gasteiger partial charge in [0.1, 0.15) is 5.75 Å². The molecule has 0 aliphatic heterocycles. The quantitative estimate of drug-likeness (QED) is 0.889. The van der Waals surface area contributed by atoms with Gasteiger partial charge in [-0.25, -0.2) is 0 Å². The summed E-state index contributed by atoms with van der Waals surface area (Å²) in [5, 5.41) is 3.57. The minimum atomic E-state index is 0.255. The van der Waals surface area contributed by atoms with Crippen molar-refractivity contribution in [3.63, 3.8) is 0 Å². The number of ether oxygens (including phenoxy) is 1. The number of nitrogens with zero attached hydrogens (tertiary/aromatic N) is 1. The zero-order valence-corrected chi connectivity index (χ0v) is 11.6. The minimum Gasteiger partial charge on any atom is -0.497 e. The van der Waals surface area contributed by atoms with Gasteiger partial charge < -0.3 is 10.1 Å². The number of rotatable bonds is 5. The Hall–Kier alpha value is -1.87. The second-order valence-corrected chi connectivity index (χ2v) is 4.67. The first kappa shape index (κ1) is 13.6. The molecule has 0 bridgehead atoms. The average Bonchev–Trinajstić information content (AvgIpc) is 2.48. The summed E-state index contributed by atoms with van der Waals surface area (Å²) in [4.78, 5) is 4.15. The number of methoxy groups -OCH3 is 1. The van der Waals surface area contributed by atoms with Gasteiger partial charge >= 0.3 is 0 Å². The van der Waals surface area contributed by atoms with Crippen LogP contribution in [0.4, 0.5) is 0 Å². The van der Waals surface area contributed by atoms with Crippen LogP contribution in [-0.4, -0.2) is 12.1 Å². The first-order valence-corrected chi connectivity index (χ1v) is 6.50. The van der Waals surface area contributed by atoms with Crippen LogP contribution in [0.1, 0.15) is 37.1 Å². The summed E-state index contributed by atoms with van der Waals surface area (Å²) in [5.74, 6) is 0.889. The highest BCUT2D eigenvalue weighted by Gasteiger charge is 2.11. The van der Waals surface area contributed by atoms with Crippen LogP contribution in [0.3, 0.4) is 0 Å². The molecule has 0 spiro atoms. The van der Waals surface area contributed by atoms with E-state index in [0.717, 1.165) is 5.75 Å². The van der Waals surface area contributed by atoms with E-state index in [-0.39, 0.29) is 12.1 Å². The van der Waals surface area contributed by atoms with Crippen molar-refractivity contribution in [3.8, 4) is 5.75 Å². The molecule has 0 fully saturated rings. The third kappa shape index (κ3) is 3.55. The molecular weight excluding hydrogens is 236 g/mol. The van der Waals surface area contributed by atoms with E-state index in [0.29, 0.717) is 0 Å². The van der Waals surface area contributed by atoms with Crippen molar-refractivity contribution >= 4 is 0 Å². The van der Waals surface area contributed by atoms with E-state index >= 15 is 0 Å². The smallest absolute Gasteiger partial charge is 0.119 e. The molecular formula is C16H20N2O.